The minimum atomic E-state index is -1.99. The summed E-state index contributed by atoms with van der Waals surface area (Å²) in [6.45, 7) is 2.37. The standard InChI is InChI=1S/C19H19NSi/c1-21(18-13-7-3-8-14-18,19-15-9-4-10-16-19)20-17-11-5-2-6-12-17/h2-16,20H,1H3. The summed E-state index contributed by atoms with van der Waals surface area (Å²) < 4.78 is 0. The van der Waals surface area contributed by atoms with E-state index in [1.54, 1.807) is 0 Å². The minimum Gasteiger partial charge on any atom is -0.403 e. The Bertz CT molecular complexity index is 641. The molecule has 0 saturated carbocycles. The van der Waals surface area contributed by atoms with E-state index in [4.69, 9.17) is 0 Å². The van der Waals surface area contributed by atoms with Gasteiger partial charge in [0.25, 0.3) is 0 Å². The highest BCUT2D eigenvalue weighted by molar-refractivity contribution is 7.03. The predicted molar refractivity (Wildman–Crippen MR) is 93.8 cm³/mol. The predicted octanol–water partition coefficient (Wildman–Crippen LogP) is 3.49. The SMILES string of the molecule is C[Si](Nc1ccccc1)(c1ccccc1)c1ccccc1. The smallest absolute Gasteiger partial charge is 0.214 e. The lowest BCUT2D eigenvalue weighted by atomic mass is 10.3. The number of hydrogen-bond donors (Lipinski definition) is 1. The molecule has 0 fully saturated rings. The van der Waals surface area contributed by atoms with E-state index >= 15 is 0 Å². The first-order chi connectivity index (χ1) is 10.3. The molecule has 3 rings (SSSR count). The molecular formula is C19H19NSi. The normalized spacial score (nSPS) is 11.1. The fourth-order valence-corrected chi connectivity index (χ4v) is 5.75. The quantitative estimate of drug-likeness (QED) is 0.725. The molecule has 1 nitrogen and oxygen atoms in total. The van der Waals surface area contributed by atoms with Crippen LogP contribution in [0.1, 0.15) is 0 Å². The lowest BCUT2D eigenvalue weighted by Crippen LogP contribution is -2.62. The molecule has 2 heteroatoms. The summed E-state index contributed by atoms with van der Waals surface area (Å²) in [5.74, 6) is 0. The van der Waals surface area contributed by atoms with Gasteiger partial charge in [-0.2, -0.15) is 0 Å². The van der Waals surface area contributed by atoms with Crippen molar-refractivity contribution in [2.24, 2.45) is 0 Å². The van der Waals surface area contributed by atoms with Crippen molar-refractivity contribution in [2.75, 3.05) is 4.98 Å². The Morgan fingerprint density at radius 2 is 0.952 bits per heavy atom. The highest BCUT2D eigenvalue weighted by Crippen LogP contribution is 2.13. The van der Waals surface area contributed by atoms with Crippen LogP contribution in [0.15, 0.2) is 91.0 Å². The van der Waals surface area contributed by atoms with Crippen molar-refractivity contribution in [1.82, 2.24) is 0 Å². The summed E-state index contributed by atoms with van der Waals surface area (Å²) in [6, 6.07) is 32.0. The van der Waals surface area contributed by atoms with Gasteiger partial charge < -0.3 is 4.98 Å². The Hall–Kier alpha value is -2.32. The molecule has 21 heavy (non-hydrogen) atoms. The highest BCUT2D eigenvalue weighted by atomic mass is 28.3. The van der Waals surface area contributed by atoms with Crippen molar-refractivity contribution in [1.29, 1.82) is 0 Å². The number of para-hydroxylation sites is 1. The van der Waals surface area contributed by atoms with Gasteiger partial charge in [0.05, 0.1) is 0 Å². The molecule has 0 bridgehead atoms. The monoisotopic (exact) mass is 289 g/mol. The minimum absolute atomic E-state index is 1.18. The Morgan fingerprint density at radius 1 is 0.571 bits per heavy atom. The molecule has 0 aliphatic rings. The van der Waals surface area contributed by atoms with Crippen molar-refractivity contribution in [3.05, 3.63) is 91.0 Å². The third-order valence-electron chi connectivity index (χ3n) is 3.87. The summed E-state index contributed by atoms with van der Waals surface area (Å²) >= 11 is 0. The van der Waals surface area contributed by atoms with Crippen LogP contribution in [-0.2, 0) is 0 Å². The van der Waals surface area contributed by atoms with Gasteiger partial charge in [0.15, 0.2) is 0 Å². The summed E-state index contributed by atoms with van der Waals surface area (Å²) in [7, 11) is -1.99. The molecule has 0 radical (unpaired) electrons. The number of anilines is 1. The van der Waals surface area contributed by atoms with Crippen molar-refractivity contribution >= 4 is 24.3 Å². The molecule has 104 valence electrons. The molecule has 0 aromatic heterocycles. The van der Waals surface area contributed by atoms with Gasteiger partial charge in [0.1, 0.15) is 0 Å². The van der Waals surface area contributed by atoms with Crippen LogP contribution >= 0.6 is 0 Å². The van der Waals surface area contributed by atoms with E-state index in [1.165, 1.54) is 16.1 Å². The zero-order chi connectivity index (χ0) is 14.5. The number of hydrogen-bond acceptors (Lipinski definition) is 1. The second kappa shape index (κ2) is 5.98. The van der Waals surface area contributed by atoms with Gasteiger partial charge in [-0.3, -0.25) is 0 Å². The Labute approximate surface area is 127 Å². The molecular weight excluding hydrogens is 270 g/mol. The summed E-state index contributed by atoms with van der Waals surface area (Å²) in [6.07, 6.45) is 0. The largest absolute Gasteiger partial charge is 0.403 e. The van der Waals surface area contributed by atoms with Gasteiger partial charge in [-0.1, -0.05) is 78.9 Å². The molecule has 3 aromatic rings. The average molecular weight is 289 g/mol. The first-order valence-corrected chi connectivity index (χ1v) is 9.73. The zero-order valence-electron chi connectivity index (χ0n) is 12.2. The van der Waals surface area contributed by atoms with Gasteiger partial charge >= 0.3 is 0 Å². The van der Waals surface area contributed by atoms with Gasteiger partial charge in [-0.15, -0.1) is 0 Å². The first-order valence-electron chi connectivity index (χ1n) is 7.23. The molecule has 0 aliphatic carbocycles. The van der Waals surface area contributed by atoms with Crippen molar-refractivity contribution < 1.29 is 0 Å². The molecule has 0 unspecified atom stereocenters. The Balaban J connectivity index is 2.07. The van der Waals surface area contributed by atoms with E-state index in [0.29, 0.717) is 0 Å². The fourth-order valence-electron chi connectivity index (χ4n) is 2.66. The maximum absolute atomic E-state index is 3.83. The summed E-state index contributed by atoms with van der Waals surface area (Å²) in [5.41, 5.74) is 1.18. The number of nitrogens with one attached hydrogen (secondary N) is 1. The van der Waals surface area contributed by atoms with Crippen molar-refractivity contribution in [3.8, 4) is 0 Å². The van der Waals surface area contributed by atoms with E-state index in [0.717, 1.165) is 0 Å². The molecule has 1 N–H and O–H groups in total. The maximum Gasteiger partial charge on any atom is 0.214 e. The van der Waals surface area contributed by atoms with Gasteiger partial charge in [-0.25, -0.2) is 0 Å². The van der Waals surface area contributed by atoms with Crippen LogP contribution in [0.5, 0.6) is 0 Å². The Morgan fingerprint density at radius 3 is 1.38 bits per heavy atom. The van der Waals surface area contributed by atoms with Crippen LogP contribution in [0.25, 0.3) is 0 Å². The topological polar surface area (TPSA) is 12.0 Å². The second-order valence-corrected chi connectivity index (χ2v) is 9.00. The molecule has 0 spiro atoms. The van der Waals surface area contributed by atoms with Crippen LogP contribution < -0.4 is 15.4 Å². The van der Waals surface area contributed by atoms with Gasteiger partial charge in [0, 0.05) is 5.69 Å². The van der Waals surface area contributed by atoms with Gasteiger partial charge in [0.2, 0.25) is 8.24 Å². The van der Waals surface area contributed by atoms with Crippen LogP contribution in [0.2, 0.25) is 6.55 Å². The molecule has 3 aromatic carbocycles. The summed E-state index contributed by atoms with van der Waals surface area (Å²) in [5, 5.41) is 2.78. The van der Waals surface area contributed by atoms with Crippen molar-refractivity contribution in [3.63, 3.8) is 0 Å². The molecule has 0 amide bonds. The lowest BCUT2D eigenvalue weighted by Gasteiger charge is -2.30. The van der Waals surface area contributed by atoms with E-state index in [2.05, 4.69) is 103 Å². The number of benzene rings is 3. The number of rotatable bonds is 4. The highest BCUT2D eigenvalue weighted by Gasteiger charge is 2.32. The molecule has 0 heterocycles. The van der Waals surface area contributed by atoms with Crippen LogP contribution in [0.4, 0.5) is 5.69 Å². The van der Waals surface area contributed by atoms with Crippen LogP contribution in [0.3, 0.4) is 0 Å². The lowest BCUT2D eigenvalue weighted by molar-refractivity contribution is 1.59. The Kier molecular flexibility index (Phi) is 3.89. The zero-order valence-corrected chi connectivity index (χ0v) is 13.2. The first kappa shape index (κ1) is 13.7. The van der Waals surface area contributed by atoms with E-state index in [9.17, 15) is 0 Å². The average Bonchev–Trinajstić information content (AvgIpc) is 2.57. The van der Waals surface area contributed by atoms with E-state index in [1.807, 2.05) is 0 Å². The van der Waals surface area contributed by atoms with E-state index < -0.39 is 8.24 Å². The third kappa shape index (κ3) is 2.90. The third-order valence-corrected chi connectivity index (χ3v) is 7.64. The van der Waals surface area contributed by atoms with Gasteiger partial charge in [-0.05, 0) is 29.1 Å². The van der Waals surface area contributed by atoms with E-state index in [-0.39, 0.29) is 0 Å². The van der Waals surface area contributed by atoms with Crippen molar-refractivity contribution in [2.45, 2.75) is 6.55 Å². The van der Waals surface area contributed by atoms with Crippen LogP contribution in [-0.4, -0.2) is 8.24 Å². The second-order valence-electron chi connectivity index (χ2n) is 5.35. The maximum atomic E-state index is 3.83. The molecule has 0 atom stereocenters. The molecule has 0 aliphatic heterocycles. The van der Waals surface area contributed by atoms with Crippen LogP contribution in [0, 0.1) is 0 Å². The molecule has 0 saturated heterocycles. The fraction of sp³-hybridized carbons (Fsp3) is 0.0526. The summed E-state index contributed by atoms with van der Waals surface area (Å²) in [4.78, 5) is 3.83.